The molecule has 1 unspecified atom stereocenters. The van der Waals surface area contributed by atoms with Crippen LogP contribution in [0.1, 0.15) is 32.3 Å². The number of rotatable bonds is 6. The first-order chi connectivity index (χ1) is 7.95. The molecule has 0 aliphatic carbocycles. The zero-order valence-corrected chi connectivity index (χ0v) is 10.1. The lowest BCUT2D eigenvalue weighted by Crippen LogP contribution is -2.24. The van der Waals surface area contributed by atoms with Crippen LogP contribution in [0.2, 0.25) is 0 Å². The van der Waals surface area contributed by atoms with E-state index >= 15 is 0 Å². The standard InChI is InChI=1S/C13H18F2O2/c1-3-8-17-11-6-4-10(5-7-11)13(2,16)9-12(14)15/h4-7,12,16H,3,8-9H2,1-2H3. The summed E-state index contributed by atoms with van der Waals surface area (Å²) in [5, 5.41) is 9.90. The second-order valence-corrected chi connectivity index (χ2v) is 4.24. The summed E-state index contributed by atoms with van der Waals surface area (Å²) in [5.41, 5.74) is -1.03. The van der Waals surface area contributed by atoms with Crippen LogP contribution >= 0.6 is 0 Å². The Morgan fingerprint density at radius 3 is 2.35 bits per heavy atom. The third kappa shape index (κ3) is 4.30. The largest absolute Gasteiger partial charge is 0.494 e. The molecule has 0 bridgehead atoms. The summed E-state index contributed by atoms with van der Waals surface area (Å²) in [6.07, 6.45) is -2.19. The maximum absolute atomic E-state index is 12.3. The zero-order valence-electron chi connectivity index (χ0n) is 10.1. The highest BCUT2D eigenvalue weighted by atomic mass is 19.3. The van der Waals surface area contributed by atoms with Crippen LogP contribution in [0.5, 0.6) is 5.75 Å². The molecular weight excluding hydrogens is 226 g/mol. The van der Waals surface area contributed by atoms with Crippen molar-refractivity contribution in [3.05, 3.63) is 29.8 Å². The average Bonchev–Trinajstić information content (AvgIpc) is 2.25. The first kappa shape index (κ1) is 13.9. The topological polar surface area (TPSA) is 29.5 Å². The van der Waals surface area contributed by atoms with Gasteiger partial charge >= 0.3 is 0 Å². The van der Waals surface area contributed by atoms with E-state index in [9.17, 15) is 13.9 Å². The highest BCUT2D eigenvalue weighted by Crippen LogP contribution is 2.28. The van der Waals surface area contributed by atoms with Gasteiger partial charge in [0.25, 0.3) is 0 Å². The van der Waals surface area contributed by atoms with Crippen molar-refractivity contribution in [1.29, 1.82) is 0 Å². The van der Waals surface area contributed by atoms with Crippen molar-refractivity contribution in [2.75, 3.05) is 6.61 Å². The first-order valence-corrected chi connectivity index (χ1v) is 5.69. The summed E-state index contributed by atoms with van der Waals surface area (Å²) in [6.45, 7) is 4.01. The lowest BCUT2D eigenvalue weighted by atomic mass is 9.93. The predicted octanol–water partition coefficient (Wildman–Crippen LogP) is 3.34. The molecule has 0 amide bonds. The Hall–Kier alpha value is -1.16. The molecular formula is C13H18F2O2. The fraction of sp³-hybridized carbons (Fsp3) is 0.538. The van der Waals surface area contributed by atoms with Gasteiger partial charge < -0.3 is 9.84 Å². The Labute approximate surface area is 100 Å². The Morgan fingerprint density at radius 2 is 1.88 bits per heavy atom. The third-order valence-electron chi connectivity index (χ3n) is 2.50. The zero-order chi connectivity index (χ0) is 12.9. The molecule has 0 fully saturated rings. The normalized spacial score (nSPS) is 14.7. The molecule has 1 rings (SSSR count). The quantitative estimate of drug-likeness (QED) is 0.831. The van der Waals surface area contributed by atoms with E-state index in [1.165, 1.54) is 6.92 Å². The van der Waals surface area contributed by atoms with Crippen molar-refractivity contribution >= 4 is 0 Å². The van der Waals surface area contributed by atoms with Crippen LogP contribution in [0.3, 0.4) is 0 Å². The summed E-state index contributed by atoms with van der Waals surface area (Å²) in [4.78, 5) is 0. The van der Waals surface area contributed by atoms with Crippen LogP contribution in [-0.2, 0) is 5.60 Å². The minimum atomic E-state index is -2.53. The fourth-order valence-corrected chi connectivity index (χ4v) is 1.55. The molecule has 0 aliphatic heterocycles. The van der Waals surface area contributed by atoms with Crippen molar-refractivity contribution < 1.29 is 18.6 Å². The molecule has 1 N–H and O–H groups in total. The third-order valence-corrected chi connectivity index (χ3v) is 2.50. The molecule has 0 saturated heterocycles. The number of aliphatic hydroxyl groups is 1. The number of halogens is 2. The molecule has 17 heavy (non-hydrogen) atoms. The van der Waals surface area contributed by atoms with Gasteiger partial charge in [-0.3, -0.25) is 0 Å². The van der Waals surface area contributed by atoms with Crippen LogP contribution in [0, 0.1) is 0 Å². The van der Waals surface area contributed by atoms with Crippen LogP contribution in [0.15, 0.2) is 24.3 Å². The van der Waals surface area contributed by atoms with E-state index in [4.69, 9.17) is 4.74 Å². The van der Waals surface area contributed by atoms with E-state index in [1.807, 2.05) is 6.92 Å². The minimum Gasteiger partial charge on any atom is -0.494 e. The van der Waals surface area contributed by atoms with E-state index in [0.29, 0.717) is 17.9 Å². The molecule has 0 aliphatic rings. The van der Waals surface area contributed by atoms with E-state index < -0.39 is 18.4 Å². The number of benzene rings is 1. The van der Waals surface area contributed by atoms with Gasteiger partial charge in [0.1, 0.15) is 5.75 Å². The maximum atomic E-state index is 12.3. The Morgan fingerprint density at radius 1 is 1.29 bits per heavy atom. The summed E-state index contributed by atoms with van der Waals surface area (Å²) < 4.78 is 29.9. The molecule has 0 saturated carbocycles. The molecule has 1 aromatic rings. The lowest BCUT2D eigenvalue weighted by molar-refractivity contribution is -0.0124. The molecule has 1 atom stereocenters. The van der Waals surface area contributed by atoms with Crippen LogP contribution in [0.4, 0.5) is 8.78 Å². The summed E-state index contributed by atoms with van der Waals surface area (Å²) in [6, 6.07) is 6.61. The molecule has 96 valence electrons. The Bertz CT molecular complexity index is 334. The molecule has 2 nitrogen and oxygen atoms in total. The lowest BCUT2D eigenvalue weighted by Gasteiger charge is -2.23. The molecule has 0 aromatic heterocycles. The number of alkyl halides is 2. The smallest absolute Gasteiger partial charge is 0.241 e. The predicted molar refractivity (Wildman–Crippen MR) is 62.4 cm³/mol. The van der Waals surface area contributed by atoms with Gasteiger partial charge in [0, 0.05) is 6.42 Å². The van der Waals surface area contributed by atoms with Crippen LogP contribution in [0.25, 0.3) is 0 Å². The average molecular weight is 244 g/mol. The van der Waals surface area contributed by atoms with Crippen molar-refractivity contribution in [2.24, 2.45) is 0 Å². The first-order valence-electron chi connectivity index (χ1n) is 5.69. The van der Waals surface area contributed by atoms with Gasteiger partial charge in [0.15, 0.2) is 0 Å². The van der Waals surface area contributed by atoms with Gasteiger partial charge in [-0.05, 0) is 31.0 Å². The number of hydrogen-bond donors (Lipinski definition) is 1. The van der Waals surface area contributed by atoms with Crippen molar-refractivity contribution in [3.63, 3.8) is 0 Å². The van der Waals surface area contributed by atoms with Gasteiger partial charge in [0.05, 0.1) is 12.2 Å². The second kappa shape index (κ2) is 5.96. The molecule has 0 radical (unpaired) electrons. The van der Waals surface area contributed by atoms with Crippen molar-refractivity contribution in [1.82, 2.24) is 0 Å². The van der Waals surface area contributed by atoms with Crippen LogP contribution in [-0.4, -0.2) is 18.1 Å². The SMILES string of the molecule is CCCOc1ccc(C(C)(O)CC(F)F)cc1. The Balaban J connectivity index is 2.72. The highest BCUT2D eigenvalue weighted by Gasteiger charge is 2.27. The van der Waals surface area contributed by atoms with E-state index in [2.05, 4.69) is 0 Å². The van der Waals surface area contributed by atoms with Crippen molar-refractivity contribution in [3.8, 4) is 5.75 Å². The van der Waals surface area contributed by atoms with Crippen molar-refractivity contribution in [2.45, 2.75) is 38.7 Å². The summed E-state index contributed by atoms with van der Waals surface area (Å²) in [5.74, 6) is 0.684. The summed E-state index contributed by atoms with van der Waals surface area (Å²) in [7, 11) is 0. The number of hydrogen-bond acceptors (Lipinski definition) is 2. The monoisotopic (exact) mass is 244 g/mol. The van der Waals surface area contributed by atoms with Gasteiger partial charge in [-0.25, -0.2) is 8.78 Å². The van der Waals surface area contributed by atoms with E-state index in [1.54, 1.807) is 24.3 Å². The molecule has 1 aromatic carbocycles. The van der Waals surface area contributed by atoms with E-state index in [0.717, 1.165) is 6.42 Å². The molecule has 4 heteroatoms. The number of ether oxygens (including phenoxy) is 1. The van der Waals surface area contributed by atoms with Gasteiger partial charge in [0.2, 0.25) is 6.43 Å². The highest BCUT2D eigenvalue weighted by molar-refractivity contribution is 5.30. The fourth-order valence-electron chi connectivity index (χ4n) is 1.55. The van der Waals surface area contributed by atoms with Gasteiger partial charge in [-0.2, -0.15) is 0 Å². The van der Waals surface area contributed by atoms with E-state index in [-0.39, 0.29) is 0 Å². The van der Waals surface area contributed by atoms with Gasteiger partial charge in [-0.15, -0.1) is 0 Å². The second-order valence-electron chi connectivity index (χ2n) is 4.24. The summed E-state index contributed by atoms with van der Waals surface area (Å²) >= 11 is 0. The van der Waals surface area contributed by atoms with Gasteiger partial charge in [-0.1, -0.05) is 19.1 Å². The molecule has 0 heterocycles. The Kier molecular flexibility index (Phi) is 4.87. The molecule has 0 spiro atoms. The van der Waals surface area contributed by atoms with Crippen LogP contribution < -0.4 is 4.74 Å². The maximum Gasteiger partial charge on any atom is 0.241 e. The minimum absolute atomic E-state index is 0.474.